The third-order valence-electron chi connectivity index (χ3n) is 2.54. The van der Waals surface area contributed by atoms with E-state index in [1.807, 2.05) is 31.2 Å². The smallest absolute Gasteiger partial charge is 0.303 e. The Hall–Kier alpha value is -2.04. The van der Waals surface area contributed by atoms with Crippen molar-refractivity contribution < 1.29 is 19.4 Å². The number of amides is 1. The predicted molar refractivity (Wildman–Crippen MR) is 66.4 cm³/mol. The molecule has 1 atom stereocenters. The van der Waals surface area contributed by atoms with Gasteiger partial charge in [-0.25, -0.2) is 0 Å². The normalized spacial score (nSPS) is 11.7. The molecule has 0 heterocycles. The maximum Gasteiger partial charge on any atom is 0.303 e. The lowest BCUT2D eigenvalue weighted by Gasteiger charge is -2.14. The van der Waals surface area contributed by atoms with Crippen LogP contribution in [0, 0.1) is 0 Å². The van der Waals surface area contributed by atoms with Crippen molar-refractivity contribution in [2.24, 2.45) is 0 Å². The number of carboxylic acid groups (broad SMARTS) is 1. The van der Waals surface area contributed by atoms with E-state index in [2.05, 4.69) is 5.32 Å². The molecule has 0 radical (unpaired) electrons. The number of nitrogens with one attached hydrogen (secondary N) is 1. The second-order valence-corrected chi connectivity index (χ2v) is 3.96. The quantitative estimate of drug-likeness (QED) is 0.807. The lowest BCUT2D eigenvalue weighted by atomic mass is 10.1. The van der Waals surface area contributed by atoms with E-state index in [1.54, 1.807) is 7.11 Å². The van der Waals surface area contributed by atoms with Crippen molar-refractivity contribution in [3.63, 3.8) is 0 Å². The number of hydrogen-bond donors (Lipinski definition) is 2. The summed E-state index contributed by atoms with van der Waals surface area (Å²) in [6.07, 6.45) is -0.166. The van der Waals surface area contributed by atoms with Crippen molar-refractivity contribution in [3.05, 3.63) is 29.8 Å². The van der Waals surface area contributed by atoms with Crippen LogP contribution in [0.15, 0.2) is 24.3 Å². The van der Waals surface area contributed by atoms with Crippen molar-refractivity contribution in [2.45, 2.75) is 25.8 Å². The summed E-state index contributed by atoms with van der Waals surface area (Å²) in [6, 6.07) is 7.20. The van der Waals surface area contributed by atoms with Gasteiger partial charge in [-0.2, -0.15) is 0 Å². The molecule has 0 saturated carbocycles. The lowest BCUT2D eigenvalue weighted by molar-refractivity contribution is -0.138. The molecule has 0 aliphatic heterocycles. The van der Waals surface area contributed by atoms with E-state index >= 15 is 0 Å². The van der Waals surface area contributed by atoms with Crippen LogP contribution in [0.1, 0.15) is 31.4 Å². The van der Waals surface area contributed by atoms with Crippen molar-refractivity contribution >= 4 is 11.9 Å². The highest BCUT2D eigenvalue weighted by molar-refractivity contribution is 5.80. The van der Waals surface area contributed by atoms with Crippen molar-refractivity contribution in [2.75, 3.05) is 7.11 Å². The average molecular weight is 251 g/mol. The fourth-order valence-electron chi connectivity index (χ4n) is 1.53. The summed E-state index contributed by atoms with van der Waals surface area (Å²) in [5, 5.41) is 11.2. The Bertz CT molecular complexity index is 431. The number of aliphatic carboxylic acids is 1. The average Bonchev–Trinajstić information content (AvgIpc) is 2.36. The van der Waals surface area contributed by atoms with Crippen LogP contribution in [-0.2, 0) is 9.59 Å². The molecule has 5 heteroatoms. The Labute approximate surface area is 106 Å². The summed E-state index contributed by atoms with van der Waals surface area (Å²) in [6.45, 7) is 1.84. The van der Waals surface area contributed by atoms with Gasteiger partial charge in [0.2, 0.25) is 5.91 Å². The first-order valence-corrected chi connectivity index (χ1v) is 5.68. The molecule has 1 aromatic rings. The summed E-state index contributed by atoms with van der Waals surface area (Å²) >= 11 is 0. The zero-order valence-corrected chi connectivity index (χ0v) is 10.5. The zero-order chi connectivity index (χ0) is 13.5. The van der Waals surface area contributed by atoms with Gasteiger partial charge in [-0.3, -0.25) is 9.59 Å². The summed E-state index contributed by atoms with van der Waals surface area (Å²) in [4.78, 5) is 21.8. The van der Waals surface area contributed by atoms with Gasteiger partial charge in [0, 0.05) is 6.42 Å². The molecule has 18 heavy (non-hydrogen) atoms. The minimum Gasteiger partial charge on any atom is -0.497 e. The zero-order valence-electron chi connectivity index (χ0n) is 10.5. The van der Waals surface area contributed by atoms with E-state index in [9.17, 15) is 9.59 Å². The lowest BCUT2D eigenvalue weighted by Crippen LogP contribution is -2.26. The summed E-state index contributed by atoms with van der Waals surface area (Å²) < 4.78 is 5.10. The van der Waals surface area contributed by atoms with Crippen LogP contribution in [0.5, 0.6) is 5.75 Å². The maximum atomic E-state index is 11.5. The number of carbonyl (C=O) groups excluding carboxylic acids is 1. The number of carbonyl (C=O) groups is 2. The molecule has 1 amide bonds. The van der Waals surface area contributed by atoms with E-state index in [0.29, 0.717) is 0 Å². The van der Waals surface area contributed by atoms with Gasteiger partial charge in [0.15, 0.2) is 0 Å². The van der Waals surface area contributed by atoms with Crippen LogP contribution in [0.25, 0.3) is 0 Å². The molecule has 98 valence electrons. The Morgan fingerprint density at radius 1 is 1.39 bits per heavy atom. The number of methoxy groups -OCH3 is 1. The van der Waals surface area contributed by atoms with Crippen LogP contribution in [0.4, 0.5) is 0 Å². The van der Waals surface area contributed by atoms with Gasteiger partial charge in [-0.15, -0.1) is 0 Å². The molecule has 0 spiro atoms. The van der Waals surface area contributed by atoms with Crippen molar-refractivity contribution in [1.82, 2.24) is 5.32 Å². The molecule has 0 aliphatic carbocycles. The third-order valence-corrected chi connectivity index (χ3v) is 2.54. The van der Waals surface area contributed by atoms with E-state index < -0.39 is 5.97 Å². The molecular weight excluding hydrogens is 234 g/mol. The molecule has 0 fully saturated rings. The van der Waals surface area contributed by atoms with E-state index in [1.165, 1.54) is 0 Å². The molecular formula is C13H17NO4. The molecule has 1 aromatic carbocycles. The Morgan fingerprint density at radius 3 is 2.72 bits per heavy atom. The van der Waals surface area contributed by atoms with Gasteiger partial charge in [0.05, 0.1) is 19.6 Å². The summed E-state index contributed by atoms with van der Waals surface area (Å²) in [5.74, 6) is -0.522. The third kappa shape index (κ3) is 4.45. The minimum atomic E-state index is -0.973. The molecule has 1 rings (SSSR count). The maximum absolute atomic E-state index is 11.5. The number of carboxylic acids is 1. The first-order valence-electron chi connectivity index (χ1n) is 5.68. The van der Waals surface area contributed by atoms with Crippen LogP contribution in [0.2, 0.25) is 0 Å². The fourth-order valence-corrected chi connectivity index (χ4v) is 1.53. The molecule has 0 aliphatic rings. The molecule has 0 saturated heterocycles. The van der Waals surface area contributed by atoms with Gasteiger partial charge < -0.3 is 15.2 Å². The topological polar surface area (TPSA) is 75.6 Å². The summed E-state index contributed by atoms with van der Waals surface area (Å²) in [7, 11) is 1.58. The highest BCUT2D eigenvalue weighted by Crippen LogP contribution is 2.18. The molecule has 5 nitrogen and oxygen atoms in total. The van der Waals surface area contributed by atoms with E-state index in [4.69, 9.17) is 9.84 Å². The van der Waals surface area contributed by atoms with Crippen LogP contribution < -0.4 is 10.1 Å². The van der Waals surface area contributed by atoms with Crippen LogP contribution in [-0.4, -0.2) is 24.1 Å². The van der Waals surface area contributed by atoms with E-state index in [-0.39, 0.29) is 24.8 Å². The van der Waals surface area contributed by atoms with E-state index in [0.717, 1.165) is 11.3 Å². The molecule has 2 N–H and O–H groups in total. The highest BCUT2D eigenvalue weighted by Gasteiger charge is 2.11. The molecule has 0 bridgehead atoms. The van der Waals surface area contributed by atoms with Crippen molar-refractivity contribution in [1.29, 1.82) is 0 Å². The van der Waals surface area contributed by atoms with Gasteiger partial charge in [-0.05, 0) is 24.6 Å². The largest absolute Gasteiger partial charge is 0.497 e. The number of benzene rings is 1. The first kappa shape index (κ1) is 14.0. The van der Waals surface area contributed by atoms with Gasteiger partial charge in [0.25, 0.3) is 0 Å². The van der Waals surface area contributed by atoms with Gasteiger partial charge in [-0.1, -0.05) is 12.1 Å². The summed E-state index contributed by atoms with van der Waals surface area (Å²) in [5.41, 5.74) is 0.915. The predicted octanol–water partition coefficient (Wildman–Crippen LogP) is 1.74. The monoisotopic (exact) mass is 251 g/mol. The molecule has 0 aromatic heterocycles. The number of hydrogen-bond acceptors (Lipinski definition) is 3. The Balaban J connectivity index is 2.55. The Morgan fingerprint density at radius 2 is 2.11 bits per heavy atom. The minimum absolute atomic E-state index is 0.0103. The van der Waals surface area contributed by atoms with Crippen LogP contribution in [0.3, 0.4) is 0 Å². The molecule has 0 unspecified atom stereocenters. The van der Waals surface area contributed by atoms with Gasteiger partial charge in [0.1, 0.15) is 5.75 Å². The highest BCUT2D eigenvalue weighted by atomic mass is 16.5. The fraction of sp³-hybridized carbons (Fsp3) is 0.385. The number of rotatable bonds is 6. The first-order chi connectivity index (χ1) is 8.52. The second-order valence-electron chi connectivity index (χ2n) is 3.96. The standard InChI is InChI=1S/C13H17NO4/c1-9(14-12(15)6-7-13(16)17)10-4-3-5-11(8-10)18-2/h3-5,8-9H,6-7H2,1-2H3,(H,14,15)(H,16,17)/t9-/m0/s1. The second kappa shape index (κ2) is 6.64. The SMILES string of the molecule is COc1cccc([C@H](C)NC(=O)CCC(=O)O)c1. The number of ether oxygens (including phenoxy) is 1. The van der Waals surface area contributed by atoms with Gasteiger partial charge >= 0.3 is 5.97 Å². The van der Waals surface area contributed by atoms with Crippen LogP contribution >= 0.6 is 0 Å². The Kier molecular flexibility index (Phi) is 5.17. The van der Waals surface area contributed by atoms with Crippen molar-refractivity contribution in [3.8, 4) is 5.75 Å².